The van der Waals surface area contributed by atoms with Crippen molar-refractivity contribution in [1.82, 2.24) is 4.90 Å². The second kappa shape index (κ2) is 5.19. The molecule has 0 radical (unpaired) electrons. The molecular formula is C13H16ClNO2S. The van der Waals surface area contributed by atoms with E-state index in [0.717, 1.165) is 17.7 Å². The van der Waals surface area contributed by atoms with Crippen LogP contribution in [0, 0.1) is 0 Å². The van der Waals surface area contributed by atoms with Gasteiger partial charge in [0.15, 0.2) is 0 Å². The third-order valence-corrected chi connectivity index (χ3v) is 5.21. The zero-order chi connectivity index (χ0) is 12.5. The third-order valence-electron chi connectivity index (χ3n) is 3.62. The lowest BCUT2D eigenvalue weighted by Crippen LogP contribution is -2.49. The Morgan fingerprint density at radius 3 is 3.22 bits per heavy atom. The predicted octanol–water partition coefficient (Wildman–Crippen LogP) is 2.32. The molecule has 0 spiro atoms. The molecule has 1 saturated heterocycles. The zero-order valence-electron chi connectivity index (χ0n) is 10.2. The summed E-state index contributed by atoms with van der Waals surface area (Å²) in [6.45, 7) is 1.82. The molecule has 2 aliphatic rings. The molecule has 98 valence electrons. The molecule has 1 aromatic heterocycles. The Morgan fingerprint density at radius 1 is 1.56 bits per heavy atom. The van der Waals surface area contributed by atoms with Crippen molar-refractivity contribution >= 4 is 28.8 Å². The second-order valence-electron chi connectivity index (χ2n) is 4.79. The fraction of sp³-hybridized carbons (Fsp3) is 0.615. The number of morpholine rings is 1. The summed E-state index contributed by atoms with van der Waals surface area (Å²) in [6.07, 6.45) is 3.49. The molecule has 0 aromatic carbocycles. The summed E-state index contributed by atoms with van der Waals surface area (Å²) in [5, 5.41) is 0. The molecule has 3 rings (SSSR count). The maximum Gasteiger partial charge on any atom is 0.264 e. The van der Waals surface area contributed by atoms with Gasteiger partial charge < -0.3 is 9.64 Å². The normalized spacial score (nSPS) is 23.2. The quantitative estimate of drug-likeness (QED) is 0.781. The number of halogens is 1. The largest absolute Gasteiger partial charge is 0.377 e. The van der Waals surface area contributed by atoms with Gasteiger partial charge in [-0.3, -0.25) is 4.79 Å². The number of thiophene rings is 1. The highest BCUT2D eigenvalue weighted by Gasteiger charge is 2.29. The van der Waals surface area contributed by atoms with Crippen molar-refractivity contribution in [2.24, 2.45) is 0 Å². The number of hydrogen-bond donors (Lipinski definition) is 0. The van der Waals surface area contributed by atoms with E-state index in [1.807, 2.05) is 4.90 Å². The minimum atomic E-state index is 0.0184. The molecule has 1 fully saturated rings. The molecule has 0 saturated carbocycles. The molecule has 1 aliphatic heterocycles. The summed E-state index contributed by atoms with van der Waals surface area (Å²) in [6, 6.07) is 2.10. The van der Waals surface area contributed by atoms with Gasteiger partial charge in [0.1, 0.15) is 0 Å². The molecule has 2 heterocycles. The molecule has 18 heavy (non-hydrogen) atoms. The number of fused-ring (bicyclic) bond motifs is 1. The highest BCUT2D eigenvalue weighted by molar-refractivity contribution is 7.14. The van der Waals surface area contributed by atoms with Crippen molar-refractivity contribution in [2.75, 3.05) is 25.6 Å². The van der Waals surface area contributed by atoms with E-state index >= 15 is 0 Å². The van der Waals surface area contributed by atoms with E-state index in [4.69, 9.17) is 16.3 Å². The average molecular weight is 286 g/mol. The number of aryl methyl sites for hydroxylation is 2. The lowest BCUT2D eigenvalue weighted by Gasteiger charge is -2.34. The Kier molecular flexibility index (Phi) is 3.59. The van der Waals surface area contributed by atoms with Gasteiger partial charge in [-0.1, -0.05) is 0 Å². The molecule has 1 aliphatic carbocycles. The van der Waals surface area contributed by atoms with Crippen LogP contribution in [0.1, 0.15) is 26.5 Å². The zero-order valence-corrected chi connectivity index (χ0v) is 11.7. The third kappa shape index (κ3) is 2.17. The molecule has 5 heteroatoms. The minimum Gasteiger partial charge on any atom is -0.377 e. The molecular weight excluding hydrogens is 270 g/mol. The first kappa shape index (κ1) is 12.5. The van der Waals surface area contributed by atoms with Gasteiger partial charge in [0.05, 0.1) is 24.1 Å². The molecule has 3 nitrogen and oxygen atoms in total. The Hall–Kier alpha value is -0.580. The van der Waals surface area contributed by atoms with Gasteiger partial charge in [0, 0.05) is 17.3 Å². The van der Waals surface area contributed by atoms with Gasteiger partial charge in [-0.05, 0) is 30.9 Å². The summed E-state index contributed by atoms with van der Waals surface area (Å²) in [5.41, 5.74) is 1.37. The van der Waals surface area contributed by atoms with Crippen molar-refractivity contribution < 1.29 is 9.53 Å². The van der Waals surface area contributed by atoms with Crippen LogP contribution in [-0.4, -0.2) is 42.5 Å². The Morgan fingerprint density at radius 2 is 2.44 bits per heavy atom. The van der Waals surface area contributed by atoms with Crippen molar-refractivity contribution in [3.8, 4) is 0 Å². The van der Waals surface area contributed by atoms with E-state index in [9.17, 15) is 4.79 Å². The topological polar surface area (TPSA) is 29.5 Å². The highest BCUT2D eigenvalue weighted by atomic mass is 35.5. The summed E-state index contributed by atoms with van der Waals surface area (Å²) < 4.78 is 5.38. The van der Waals surface area contributed by atoms with Crippen molar-refractivity contribution in [3.05, 3.63) is 21.4 Å². The van der Waals surface area contributed by atoms with Gasteiger partial charge in [-0.15, -0.1) is 22.9 Å². The minimum absolute atomic E-state index is 0.0184. The van der Waals surface area contributed by atoms with Crippen LogP contribution in [-0.2, 0) is 17.6 Å². The number of rotatable bonds is 2. The summed E-state index contributed by atoms with van der Waals surface area (Å²) in [5.74, 6) is 0.569. The number of hydrogen-bond acceptors (Lipinski definition) is 3. The van der Waals surface area contributed by atoms with E-state index in [1.165, 1.54) is 16.9 Å². The smallest absolute Gasteiger partial charge is 0.264 e. The highest BCUT2D eigenvalue weighted by Crippen LogP contribution is 2.31. The van der Waals surface area contributed by atoms with E-state index in [0.29, 0.717) is 25.6 Å². The second-order valence-corrected chi connectivity index (χ2v) is 6.24. The van der Waals surface area contributed by atoms with Crippen LogP contribution in [0.5, 0.6) is 0 Å². The molecule has 1 atom stereocenters. The number of nitrogens with zero attached hydrogens (tertiary/aromatic N) is 1. The van der Waals surface area contributed by atoms with Crippen molar-refractivity contribution in [3.63, 3.8) is 0 Å². The van der Waals surface area contributed by atoms with Crippen LogP contribution < -0.4 is 0 Å². The molecule has 1 unspecified atom stereocenters. The Balaban J connectivity index is 1.80. The number of carbonyl (C=O) groups excluding carboxylic acids is 1. The summed E-state index contributed by atoms with van der Waals surface area (Å²) in [7, 11) is 0. The van der Waals surface area contributed by atoms with Gasteiger partial charge in [-0.25, -0.2) is 0 Å². The fourth-order valence-electron chi connectivity index (χ4n) is 2.63. The van der Waals surface area contributed by atoms with Gasteiger partial charge >= 0.3 is 0 Å². The van der Waals surface area contributed by atoms with Crippen LogP contribution in [0.3, 0.4) is 0 Å². The average Bonchev–Trinajstić information content (AvgIpc) is 2.98. The van der Waals surface area contributed by atoms with E-state index in [1.54, 1.807) is 11.3 Å². The van der Waals surface area contributed by atoms with Gasteiger partial charge in [0.2, 0.25) is 0 Å². The maximum atomic E-state index is 12.5. The standard InChI is InChI=1S/C13H16ClNO2S/c14-7-10-8-17-5-4-15(10)13(16)12-6-9-2-1-3-11(9)18-12/h6,10H,1-5,7-8H2. The Bertz CT molecular complexity index is 438. The molecule has 0 bridgehead atoms. The van der Waals surface area contributed by atoms with Gasteiger partial charge in [0.25, 0.3) is 5.91 Å². The van der Waals surface area contributed by atoms with E-state index < -0.39 is 0 Å². The predicted molar refractivity (Wildman–Crippen MR) is 72.7 cm³/mol. The van der Waals surface area contributed by atoms with Crippen LogP contribution in [0.25, 0.3) is 0 Å². The summed E-state index contributed by atoms with van der Waals surface area (Å²) >= 11 is 7.57. The lowest BCUT2D eigenvalue weighted by atomic mass is 10.2. The summed E-state index contributed by atoms with van der Waals surface area (Å²) in [4.78, 5) is 16.6. The lowest BCUT2D eigenvalue weighted by molar-refractivity contribution is 0.00483. The molecule has 1 aromatic rings. The number of alkyl halides is 1. The van der Waals surface area contributed by atoms with Crippen LogP contribution in [0.4, 0.5) is 0 Å². The maximum absolute atomic E-state index is 12.5. The SMILES string of the molecule is O=C(c1cc2c(s1)CCC2)N1CCOCC1CCl. The first-order chi connectivity index (χ1) is 8.79. The number of ether oxygens (including phenoxy) is 1. The first-order valence-electron chi connectivity index (χ1n) is 6.36. The number of amides is 1. The monoisotopic (exact) mass is 285 g/mol. The fourth-order valence-corrected chi connectivity index (χ4v) is 4.09. The van der Waals surface area contributed by atoms with Crippen molar-refractivity contribution in [2.45, 2.75) is 25.3 Å². The first-order valence-corrected chi connectivity index (χ1v) is 7.71. The molecule has 1 amide bonds. The van der Waals surface area contributed by atoms with E-state index in [2.05, 4.69) is 6.07 Å². The van der Waals surface area contributed by atoms with Crippen LogP contribution >= 0.6 is 22.9 Å². The Labute approximate surface area is 116 Å². The van der Waals surface area contributed by atoms with Crippen LogP contribution in [0.15, 0.2) is 6.07 Å². The van der Waals surface area contributed by atoms with E-state index in [-0.39, 0.29) is 11.9 Å². The van der Waals surface area contributed by atoms with Crippen LogP contribution in [0.2, 0.25) is 0 Å². The number of carbonyl (C=O) groups is 1. The van der Waals surface area contributed by atoms with Gasteiger partial charge in [-0.2, -0.15) is 0 Å². The molecule has 0 N–H and O–H groups in total. The van der Waals surface area contributed by atoms with Crippen molar-refractivity contribution in [1.29, 1.82) is 0 Å².